The van der Waals surface area contributed by atoms with E-state index >= 15 is 0 Å². The maximum atomic E-state index is 13.7. The van der Waals surface area contributed by atoms with Crippen LogP contribution in [0.1, 0.15) is 20.3 Å². The van der Waals surface area contributed by atoms with E-state index in [1.54, 1.807) is 13.8 Å². The summed E-state index contributed by atoms with van der Waals surface area (Å²) in [5, 5.41) is 2.25. The molecule has 0 aromatic heterocycles. The van der Waals surface area contributed by atoms with Gasteiger partial charge in [0.1, 0.15) is 11.6 Å². The van der Waals surface area contributed by atoms with Gasteiger partial charge in [-0.25, -0.2) is 17.2 Å². The molecule has 10 heteroatoms. The third-order valence-electron chi connectivity index (χ3n) is 2.85. The number of hydrogen-bond acceptors (Lipinski definition) is 4. The molecular formula is C13H20ClF2N3O3S. The molecule has 4 N–H and O–H groups in total. The molecule has 0 aliphatic heterocycles. The molecule has 0 spiro atoms. The molecule has 0 bridgehead atoms. The molecule has 23 heavy (non-hydrogen) atoms. The van der Waals surface area contributed by atoms with Crippen LogP contribution in [-0.4, -0.2) is 26.6 Å². The highest BCUT2D eigenvalue weighted by Gasteiger charge is 2.18. The van der Waals surface area contributed by atoms with Crippen LogP contribution in [0.2, 0.25) is 0 Å². The highest BCUT2D eigenvalue weighted by atomic mass is 35.5. The van der Waals surface area contributed by atoms with Crippen LogP contribution in [0.25, 0.3) is 0 Å². The van der Waals surface area contributed by atoms with Crippen LogP contribution in [0.15, 0.2) is 12.1 Å². The van der Waals surface area contributed by atoms with Crippen LogP contribution < -0.4 is 15.8 Å². The second-order valence-corrected chi connectivity index (χ2v) is 6.70. The molecule has 0 aliphatic carbocycles. The zero-order valence-corrected chi connectivity index (χ0v) is 14.4. The Bertz CT molecular complexity index is 656. The molecule has 0 radical (unpaired) electrons. The van der Waals surface area contributed by atoms with Crippen molar-refractivity contribution < 1.29 is 22.0 Å². The van der Waals surface area contributed by atoms with Crippen molar-refractivity contribution in [3.8, 4) is 0 Å². The molecule has 0 heterocycles. The Balaban J connectivity index is 0.00000484. The van der Waals surface area contributed by atoms with E-state index in [2.05, 4.69) is 5.32 Å². The van der Waals surface area contributed by atoms with Gasteiger partial charge < -0.3 is 11.1 Å². The van der Waals surface area contributed by atoms with E-state index in [-0.39, 0.29) is 30.4 Å². The van der Waals surface area contributed by atoms with Gasteiger partial charge >= 0.3 is 0 Å². The number of carbonyl (C=O) groups excluding carboxylic acids is 1. The minimum Gasteiger partial charge on any atom is -0.330 e. The van der Waals surface area contributed by atoms with Crippen LogP contribution in [0.3, 0.4) is 0 Å². The predicted molar refractivity (Wildman–Crippen MR) is 88.2 cm³/mol. The Labute approximate surface area is 140 Å². The van der Waals surface area contributed by atoms with Crippen LogP contribution in [0.5, 0.6) is 0 Å². The predicted octanol–water partition coefficient (Wildman–Crippen LogP) is 2.07. The van der Waals surface area contributed by atoms with E-state index in [4.69, 9.17) is 5.73 Å². The third-order valence-corrected chi connectivity index (χ3v) is 4.33. The van der Waals surface area contributed by atoms with E-state index in [9.17, 15) is 22.0 Å². The number of halogens is 3. The van der Waals surface area contributed by atoms with Crippen LogP contribution >= 0.6 is 12.4 Å². The SMILES string of the molecule is CCCS(=O)(=O)Nc1cc(NC(=O)C(C)CN)c(F)cc1F.Cl. The summed E-state index contributed by atoms with van der Waals surface area (Å²) in [6.45, 7) is 3.26. The van der Waals surface area contributed by atoms with Gasteiger partial charge in [0.05, 0.1) is 17.1 Å². The molecule has 1 unspecified atom stereocenters. The van der Waals surface area contributed by atoms with Crippen LogP contribution in [0.4, 0.5) is 20.2 Å². The fourth-order valence-corrected chi connectivity index (χ4v) is 2.70. The first-order chi connectivity index (χ1) is 10.2. The van der Waals surface area contributed by atoms with E-state index < -0.39 is 39.2 Å². The molecule has 1 aromatic carbocycles. The summed E-state index contributed by atoms with van der Waals surface area (Å²) in [5.41, 5.74) is 4.58. The van der Waals surface area contributed by atoms with E-state index in [1.807, 2.05) is 4.72 Å². The first-order valence-electron chi connectivity index (χ1n) is 6.70. The molecule has 0 saturated carbocycles. The Morgan fingerprint density at radius 3 is 2.35 bits per heavy atom. The van der Waals surface area contributed by atoms with Crippen LogP contribution in [0, 0.1) is 17.6 Å². The van der Waals surface area contributed by atoms with Gasteiger partial charge in [-0.15, -0.1) is 12.4 Å². The molecule has 0 fully saturated rings. The lowest BCUT2D eigenvalue weighted by atomic mass is 10.1. The van der Waals surface area contributed by atoms with Crippen molar-refractivity contribution in [2.75, 3.05) is 22.3 Å². The first-order valence-corrected chi connectivity index (χ1v) is 8.35. The van der Waals surface area contributed by atoms with E-state index in [0.717, 1.165) is 6.07 Å². The van der Waals surface area contributed by atoms with Gasteiger partial charge in [0.25, 0.3) is 0 Å². The molecule has 1 atom stereocenters. The van der Waals surface area contributed by atoms with Crippen molar-refractivity contribution in [3.63, 3.8) is 0 Å². The lowest BCUT2D eigenvalue weighted by Crippen LogP contribution is -2.27. The number of anilines is 2. The second-order valence-electron chi connectivity index (χ2n) is 4.86. The van der Waals surface area contributed by atoms with Gasteiger partial charge in [0, 0.05) is 18.5 Å². The molecular weight excluding hydrogens is 352 g/mol. The average molecular weight is 372 g/mol. The third kappa shape index (κ3) is 6.28. The van der Waals surface area contributed by atoms with Gasteiger partial charge in [-0.1, -0.05) is 13.8 Å². The Kier molecular flexibility index (Phi) is 8.43. The minimum absolute atomic E-state index is 0. The van der Waals surface area contributed by atoms with Gasteiger partial charge in [-0.2, -0.15) is 0 Å². The number of benzene rings is 1. The zero-order chi connectivity index (χ0) is 16.9. The number of rotatable bonds is 7. The number of hydrogen-bond donors (Lipinski definition) is 3. The summed E-state index contributed by atoms with van der Waals surface area (Å²) in [7, 11) is -3.73. The van der Waals surface area contributed by atoms with E-state index in [0.29, 0.717) is 12.5 Å². The summed E-state index contributed by atoms with van der Waals surface area (Å²) < 4.78 is 52.7. The molecule has 6 nitrogen and oxygen atoms in total. The first kappa shape index (κ1) is 21.6. The van der Waals surface area contributed by atoms with Crippen molar-refractivity contribution in [2.45, 2.75) is 20.3 Å². The van der Waals surface area contributed by atoms with Gasteiger partial charge in [-0.05, 0) is 12.5 Å². The highest BCUT2D eigenvalue weighted by molar-refractivity contribution is 7.92. The molecule has 0 aliphatic rings. The Morgan fingerprint density at radius 2 is 1.83 bits per heavy atom. The lowest BCUT2D eigenvalue weighted by Gasteiger charge is -2.13. The largest absolute Gasteiger partial charge is 0.330 e. The van der Waals surface area contributed by atoms with Gasteiger partial charge in [0.2, 0.25) is 15.9 Å². The second kappa shape index (κ2) is 8.99. The maximum absolute atomic E-state index is 13.7. The highest BCUT2D eigenvalue weighted by Crippen LogP contribution is 2.25. The summed E-state index contributed by atoms with van der Waals surface area (Å²) in [5.74, 6) is -3.38. The normalized spacial score (nSPS) is 12.2. The number of amides is 1. The number of sulfonamides is 1. The summed E-state index contributed by atoms with van der Waals surface area (Å²) in [4.78, 5) is 11.7. The summed E-state index contributed by atoms with van der Waals surface area (Å²) >= 11 is 0. The van der Waals surface area contributed by atoms with E-state index in [1.165, 1.54) is 0 Å². The van der Waals surface area contributed by atoms with Crippen molar-refractivity contribution in [3.05, 3.63) is 23.8 Å². The lowest BCUT2D eigenvalue weighted by molar-refractivity contribution is -0.119. The minimum atomic E-state index is -3.73. The zero-order valence-electron chi connectivity index (χ0n) is 12.7. The molecule has 1 amide bonds. The topological polar surface area (TPSA) is 101 Å². The molecule has 132 valence electrons. The van der Waals surface area contributed by atoms with Gasteiger partial charge in [0.15, 0.2) is 0 Å². The summed E-state index contributed by atoms with van der Waals surface area (Å²) in [6, 6.07) is 1.41. The molecule has 0 saturated heterocycles. The number of nitrogens with two attached hydrogens (primary N) is 1. The molecule has 1 aromatic rings. The van der Waals surface area contributed by atoms with Crippen molar-refractivity contribution in [2.24, 2.45) is 11.7 Å². The fourth-order valence-electron chi connectivity index (χ4n) is 1.57. The summed E-state index contributed by atoms with van der Waals surface area (Å²) in [6.07, 6.45) is 0.343. The molecule has 1 rings (SSSR count). The number of nitrogens with one attached hydrogen (secondary N) is 2. The van der Waals surface area contributed by atoms with Crippen LogP contribution in [-0.2, 0) is 14.8 Å². The quantitative estimate of drug-likeness (QED) is 0.682. The standard InChI is InChI=1S/C13H19F2N3O3S.ClH/c1-3-4-22(20,21)18-12-6-11(9(14)5-10(12)15)17-13(19)8(2)7-16;/h5-6,8,18H,3-4,7,16H2,1-2H3,(H,17,19);1H. The number of carbonyl (C=O) groups is 1. The Morgan fingerprint density at radius 1 is 1.26 bits per heavy atom. The van der Waals surface area contributed by atoms with Crippen molar-refractivity contribution >= 4 is 39.7 Å². The van der Waals surface area contributed by atoms with Gasteiger partial charge in [-0.3, -0.25) is 9.52 Å². The smallest absolute Gasteiger partial charge is 0.232 e. The van der Waals surface area contributed by atoms with Crippen molar-refractivity contribution in [1.29, 1.82) is 0 Å². The van der Waals surface area contributed by atoms with Crippen molar-refractivity contribution in [1.82, 2.24) is 0 Å². The Hall–Kier alpha value is -1.45. The fraction of sp³-hybridized carbons (Fsp3) is 0.462. The monoisotopic (exact) mass is 371 g/mol. The maximum Gasteiger partial charge on any atom is 0.232 e. The average Bonchev–Trinajstić information content (AvgIpc) is 2.42.